The summed E-state index contributed by atoms with van der Waals surface area (Å²) in [7, 11) is 2.13. The molecule has 0 aromatic carbocycles. The standard InChI is InChI=1S/C10H13IN6/c1-16-3-2-6(4-16)17-10-7(8(11)15-17)9(12)13-5-14-10/h5-6H,2-4H2,1H3,(H2,12,13,14)/t6-/m1/s1. The van der Waals surface area contributed by atoms with E-state index in [1.807, 2.05) is 4.68 Å². The number of hydrogen-bond acceptors (Lipinski definition) is 5. The predicted octanol–water partition coefficient (Wildman–Crippen LogP) is 0.890. The molecule has 3 heterocycles. The molecule has 1 atom stereocenters. The van der Waals surface area contributed by atoms with E-state index in [0.29, 0.717) is 11.9 Å². The molecule has 17 heavy (non-hydrogen) atoms. The Kier molecular flexibility index (Phi) is 2.66. The van der Waals surface area contributed by atoms with Gasteiger partial charge in [-0.2, -0.15) is 5.10 Å². The Balaban J connectivity index is 2.14. The minimum Gasteiger partial charge on any atom is -0.383 e. The Labute approximate surface area is 112 Å². The monoisotopic (exact) mass is 344 g/mol. The van der Waals surface area contributed by atoms with E-state index in [1.165, 1.54) is 6.33 Å². The van der Waals surface area contributed by atoms with Gasteiger partial charge in [-0.15, -0.1) is 0 Å². The molecule has 6 nitrogen and oxygen atoms in total. The zero-order chi connectivity index (χ0) is 12.0. The minimum absolute atomic E-state index is 0.389. The summed E-state index contributed by atoms with van der Waals surface area (Å²) in [5, 5.41) is 5.44. The highest BCUT2D eigenvalue weighted by molar-refractivity contribution is 14.1. The molecule has 1 aliphatic heterocycles. The Bertz CT molecular complexity index is 565. The third-order valence-corrected chi connectivity index (χ3v) is 3.94. The van der Waals surface area contributed by atoms with Crippen LogP contribution in [0.2, 0.25) is 0 Å². The molecular formula is C10H13IN6. The van der Waals surface area contributed by atoms with E-state index in [2.05, 4.69) is 49.6 Å². The summed E-state index contributed by atoms with van der Waals surface area (Å²) in [6.45, 7) is 2.11. The zero-order valence-corrected chi connectivity index (χ0v) is 11.6. The van der Waals surface area contributed by atoms with E-state index >= 15 is 0 Å². The Morgan fingerprint density at radius 3 is 3.00 bits per heavy atom. The molecule has 0 unspecified atom stereocenters. The summed E-state index contributed by atoms with van der Waals surface area (Å²) in [4.78, 5) is 10.6. The SMILES string of the molecule is CN1CC[C@@H](n2nc(I)c3c(N)ncnc32)C1. The number of rotatable bonds is 1. The molecule has 0 amide bonds. The van der Waals surface area contributed by atoms with Crippen molar-refractivity contribution in [3.05, 3.63) is 10.0 Å². The summed E-state index contributed by atoms with van der Waals surface area (Å²) in [6, 6.07) is 0.389. The predicted molar refractivity (Wildman–Crippen MR) is 73.6 cm³/mol. The van der Waals surface area contributed by atoms with E-state index in [0.717, 1.165) is 34.2 Å². The van der Waals surface area contributed by atoms with Gasteiger partial charge in [0, 0.05) is 13.1 Å². The number of likely N-dealkylation sites (tertiary alicyclic amines) is 1. The molecule has 1 aliphatic rings. The van der Waals surface area contributed by atoms with Gasteiger partial charge in [0.15, 0.2) is 5.65 Å². The fourth-order valence-electron chi connectivity index (χ4n) is 2.32. The van der Waals surface area contributed by atoms with Crippen LogP contribution in [0.25, 0.3) is 11.0 Å². The van der Waals surface area contributed by atoms with Crippen molar-refractivity contribution in [2.45, 2.75) is 12.5 Å². The first kappa shape index (κ1) is 11.1. The van der Waals surface area contributed by atoms with Crippen molar-refractivity contribution in [1.29, 1.82) is 0 Å². The van der Waals surface area contributed by atoms with Crippen molar-refractivity contribution in [3.63, 3.8) is 0 Å². The van der Waals surface area contributed by atoms with Gasteiger partial charge >= 0.3 is 0 Å². The van der Waals surface area contributed by atoms with E-state index in [9.17, 15) is 0 Å². The number of hydrogen-bond donors (Lipinski definition) is 1. The van der Waals surface area contributed by atoms with Crippen LogP contribution in [0.3, 0.4) is 0 Å². The van der Waals surface area contributed by atoms with Crippen molar-refractivity contribution in [3.8, 4) is 0 Å². The Morgan fingerprint density at radius 1 is 1.47 bits per heavy atom. The Hall–Kier alpha value is -0.960. The number of nitrogens with two attached hydrogens (primary N) is 1. The third-order valence-electron chi connectivity index (χ3n) is 3.19. The third kappa shape index (κ3) is 1.77. The highest BCUT2D eigenvalue weighted by Gasteiger charge is 2.25. The number of anilines is 1. The number of nitrogen functional groups attached to an aromatic ring is 1. The summed E-state index contributed by atoms with van der Waals surface area (Å²) < 4.78 is 2.88. The van der Waals surface area contributed by atoms with Crippen LogP contribution in [0.4, 0.5) is 5.82 Å². The number of halogens is 1. The molecule has 1 fully saturated rings. The second-order valence-corrected chi connectivity index (χ2v) is 5.42. The van der Waals surface area contributed by atoms with Crippen LogP contribution < -0.4 is 5.73 Å². The molecule has 1 saturated heterocycles. The summed E-state index contributed by atoms with van der Waals surface area (Å²) in [5.41, 5.74) is 6.73. The molecular weight excluding hydrogens is 331 g/mol. The van der Waals surface area contributed by atoms with Gasteiger partial charge in [-0.3, -0.25) is 0 Å². The lowest BCUT2D eigenvalue weighted by Crippen LogP contribution is -2.17. The van der Waals surface area contributed by atoms with Gasteiger partial charge in [-0.1, -0.05) is 0 Å². The average Bonchev–Trinajstić information content (AvgIpc) is 2.84. The van der Waals surface area contributed by atoms with Crippen LogP contribution in [0.15, 0.2) is 6.33 Å². The van der Waals surface area contributed by atoms with Gasteiger partial charge in [-0.25, -0.2) is 14.6 Å². The first-order valence-corrected chi connectivity index (χ1v) is 6.57. The maximum atomic E-state index is 5.88. The molecule has 90 valence electrons. The molecule has 0 bridgehead atoms. The maximum Gasteiger partial charge on any atom is 0.164 e. The van der Waals surface area contributed by atoms with Gasteiger partial charge in [0.05, 0.1) is 11.4 Å². The number of aromatic nitrogens is 4. The van der Waals surface area contributed by atoms with Gasteiger partial charge in [0.2, 0.25) is 0 Å². The normalized spacial score (nSPS) is 21.4. The van der Waals surface area contributed by atoms with Gasteiger partial charge in [-0.05, 0) is 36.1 Å². The van der Waals surface area contributed by atoms with Crippen molar-refractivity contribution in [2.24, 2.45) is 0 Å². The summed E-state index contributed by atoms with van der Waals surface area (Å²) >= 11 is 2.19. The molecule has 7 heteroatoms. The number of nitrogens with zero attached hydrogens (tertiary/aromatic N) is 5. The van der Waals surface area contributed by atoms with E-state index < -0.39 is 0 Å². The zero-order valence-electron chi connectivity index (χ0n) is 9.47. The van der Waals surface area contributed by atoms with E-state index in [1.54, 1.807) is 0 Å². The number of likely N-dealkylation sites (N-methyl/N-ethyl adjacent to an activating group) is 1. The van der Waals surface area contributed by atoms with Crippen LogP contribution in [-0.2, 0) is 0 Å². The first-order chi connectivity index (χ1) is 8.16. The van der Waals surface area contributed by atoms with Crippen molar-refractivity contribution < 1.29 is 0 Å². The average molecular weight is 344 g/mol. The fraction of sp³-hybridized carbons (Fsp3) is 0.500. The lowest BCUT2D eigenvalue weighted by Gasteiger charge is -2.11. The highest BCUT2D eigenvalue weighted by atomic mass is 127. The smallest absolute Gasteiger partial charge is 0.164 e. The molecule has 2 aromatic rings. The second kappa shape index (κ2) is 4.05. The van der Waals surface area contributed by atoms with E-state index in [-0.39, 0.29) is 0 Å². The lowest BCUT2D eigenvalue weighted by atomic mass is 10.2. The van der Waals surface area contributed by atoms with Crippen LogP contribution in [-0.4, -0.2) is 44.8 Å². The van der Waals surface area contributed by atoms with Crippen LogP contribution in [0, 0.1) is 3.70 Å². The van der Waals surface area contributed by atoms with Gasteiger partial charge in [0.1, 0.15) is 15.8 Å². The quantitative estimate of drug-likeness (QED) is 0.778. The molecule has 2 aromatic heterocycles. The van der Waals surface area contributed by atoms with E-state index in [4.69, 9.17) is 5.73 Å². The second-order valence-electron chi connectivity index (χ2n) is 4.40. The van der Waals surface area contributed by atoms with Gasteiger partial charge < -0.3 is 10.6 Å². The first-order valence-electron chi connectivity index (χ1n) is 5.49. The highest BCUT2D eigenvalue weighted by Crippen LogP contribution is 2.28. The van der Waals surface area contributed by atoms with Crippen LogP contribution >= 0.6 is 22.6 Å². The molecule has 2 N–H and O–H groups in total. The lowest BCUT2D eigenvalue weighted by molar-refractivity contribution is 0.384. The molecule has 0 radical (unpaired) electrons. The van der Waals surface area contributed by atoms with Crippen molar-refractivity contribution in [1.82, 2.24) is 24.6 Å². The summed E-state index contributed by atoms with van der Waals surface area (Å²) in [6.07, 6.45) is 2.61. The van der Waals surface area contributed by atoms with Crippen LogP contribution in [0.5, 0.6) is 0 Å². The summed E-state index contributed by atoms with van der Waals surface area (Å²) in [5.74, 6) is 0.511. The van der Waals surface area contributed by atoms with Crippen molar-refractivity contribution in [2.75, 3.05) is 25.9 Å². The topological polar surface area (TPSA) is 72.9 Å². The molecule has 0 aliphatic carbocycles. The van der Waals surface area contributed by atoms with Crippen LogP contribution in [0.1, 0.15) is 12.5 Å². The maximum absolute atomic E-state index is 5.88. The minimum atomic E-state index is 0.389. The molecule has 0 spiro atoms. The number of fused-ring (bicyclic) bond motifs is 1. The largest absolute Gasteiger partial charge is 0.383 e. The molecule has 0 saturated carbocycles. The van der Waals surface area contributed by atoms with Crippen molar-refractivity contribution >= 4 is 39.4 Å². The fourth-order valence-corrected chi connectivity index (χ4v) is 3.07. The van der Waals surface area contributed by atoms with Gasteiger partial charge in [0.25, 0.3) is 0 Å². The molecule has 3 rings (SSSR count). The Morgan fingerprint density at radius 2 is 2.29 bits per heavy atom.